The summed E-state index contributed by atoms with van der Waals surface area (Å²) in [4.78, 5) is 8.66. The fourth-order valence-corrected chi connectivity index (χ4v) is 2.87. The van der Waals surface area contributed by atoms with E-state index < -0.39 is 0 Å². The zero-order chi connectivity index (χ0) is 14.1. The molecular formula is C14H10Cl3N3. The van der Waals surface area contributed by atoms with Crippen LogP contribution in [0.2, 0.25) is 10.0 Å². The van der Waals surface area contributed by atoms with Crippen molar-refractivity contribution in [2.45, 2.75) is 6.42 Å². The third-order valence-electron chi connectivity index (χ3n) is 2.95. The summed E-state index contributed by atoms with van der Waals surface area (Å²) in [5.41, 5.74) is 2.65. The van der Waals surface area contributed by atoms with Gasteiger partial charge in [0.05, 0.1) is 17.4 Å². The number of rotatable bonds is 3. The quantitative estimate of drug-likeness (QED) is 0.663. The van der Waals surface area contributed by atoms with Gasteiger partial charge in [0.25, 0.3) is 0 Å². The minimum absolute atomic E-state index is 0.491. The average Bonchev–Trinajstić information content (AvgIpc) is 2.76. The second-order valence-electron chi connectivity index (χ2n) is 4.29. The molecule has 0 atom stereocenters. The van der Waals surface area contributed by atoms with Crippen molar-refractivity contribution >= 4 is 45.8 Å². The lowest BCUT2D eigenvalue weighted by atomic mass is 10.3. The zero-order valence-corrected chi connectivity index (χ0v) is 12.6. The Labute approximate surface area is 131 Å². The van der Waals surface area contributed by atoms with Gasteiger partial charge in [-0.15, -0.1) is 11.6 Å². The largest absolute Gasteiger partial charge is 0.296 e. The van der Waals surface area contributed by atoms with Crippen LogP contribution >= 0.6 is 34.8 Å². The van der Waals surface area contributed by atoms with Crippen LogP contribution in [0.4, 0.5) is 0 Å². The molecule has 0 unspecified atom stereocenters. The lowest BCUT2D eigenvalue weighted by Gasteiger charge is -2.09. The maximum atomic E-state index is 6.09. The van der Waals surface area contributed by atoms with E-state index in [1.165, 1.54) is 0 Å². The van der Waals surface area contributed by atoms with E-state index in [1.807, 2.05) is 22.8 Å². The van der Waals surface area contributed by atoms with Crippen LogP contribution in [0.15, 0.2) is 36.7 Å². The number of pyridine rings is 1. The lowest BCUT2D eigenvalue weighted by molar-refractivity contribution is 0.912. The molecule has 20 heavy (non-hydrogen) atoms. The zero-order valence-electron chi connectivity index (χ0n) is 10.4. The van der Waals surface area contributed by atoms with Crippen LogP contribution in [0.1, 0.15) is 5.82 Å². The Kier molecular flexibility index (Phi) is 3.83. The lowest BCUT2D eigenvalue weighted by Crippen LogP contribution is -2.02. The molecule has 0 aliphatic carbocycles. The molecule has 2 heterocycles. The summed E-state index contributed by atoms with van der Waals surface area (Å²) >= 11 is 18.0. The predicted molar refractivity (Wildman–Crippen MR) is 83.3 cm³/mol. The smallest absolute Gasteiger partial charge is 0.115 e. The number of benzene rings is 1. The first kappa shape index (κ1) is 13.7. The molecular weight excluding hydrogens is 317 g/mol. The Hall–Kier alpha value is -1.29. The second-order valence-corrected chi connectivity index (χ2v) is 5.55. The van der Waals surface area contributed by atoms with E-state index in [2.05, 4.69) is 9.97 Å². The standard InChI is InChI=1S/C14H10Cl3N3/c15-3-1-14-19-12-8-18-4-2-13(12)20(14)11-6-9(16)5-10(17)7-11/h2,4-8H,1,3H2. The molecule has 0 radical (unpaired) electrons. The maximum Gasteiger partial charge on any atom is 0.115 e. The van der Waals surface area contributed by atoms with Crippen LogP contribution < -0.4 is 0 Å². The van der Waals surface area contributed by atoms with Crippen molar-refractivity contribution < 1.29 is 0 Å². The van der Waals surface area contributed by atoms with Gasteiger partial charge in [0, 0.05) is 28.5 Å². The van der Waals surface area contributed by atoms with Gasteiger partial charge in [-0.3, -0.25) is 9.55 Å². The first-order chi connectivity index (χ1) is 9.69. The molecule has 0 saturated carbocycles. The first-order valence-corrected chi connectivity index (χ1v) is 7.32. The molecule has 0 saturated heterocycles. The molecule has 3 nitrogen and oxygen atoms in total. The van der Waals surface area contributed by atoms with E-state index >= 15 is 0 Å². The van der Waals surface area contributed by atoms with Crippen molar-refractivity contribution in [3.05, 3.63) is 52.5 Å². The third-order valence-corrected chi connectivity index (χ3v) is 3.58. The van der Waals surface area contributed by atoms with Gasteiger partial charge in [-0.05, 0) is 24.3 Å². The summed E-state index contributed by atoms with van der Waals surface area (Å²) in [7, 11) is 0. The van der Waals surface area contributed by atoms with Crippen molar-refractivity contribution in [3.63, 3.8) is 0 Å². The van der Waals surface area contributed by atoms with Crippen LogP contribution in [0, 0.1) is 0 Å². The fourth-order valence-electron chi connectivity index (χ4n) is 2.19. The van der Waals surface area contributed by atoms with Gasteiger partial charge in [-0.2, -0.15) is 0 Å². The molecule has 3 rings (SSSR count). The number of hydrogen-bond donors (Lipinski definition) is 0. The highest BCUT2D eigenvalue weighted by Gasteiger charge is 2.13. The highest BCUT2D eigenvalue weighted by Crippen LogP contribution is 2.26. The third kappa shape index (κ3) is 2.49. The number of halogens is 3. The molecule has 0 amide bonds. The molecule has 0 N–H and O–H groups in total. The van der Waals surface area contributed by atoms with E-state index in [4.69, 9.17) is 34.8 Å². The fraction of sp³-hybridized carbons (Fsp3) is 0.143. The summed E-state index contributed by atoms with van der Waals surface area (Å²) in [6.45, 7) is 0. The topological polar surface area (TPSA) is 30.7 Å². The Morgan fingerprint density at radius 3 is 2.55 bits per heavy atom. The predicted octanol–water partition coefficient (Wildman–Crippen LogP) is 4.51. The average molecular weight is 327 g/mol. The monoisotopic (exact) mass is 325 g/mol. The molecule has 0 fully saturated rings. The number of hydrogen-bond acceptors (Lipinski definition) is 2. The molecule has 102 valence electrons. The van der Waals surface area contributed by atoms with Crippen molar-refractivity contribution in [2.24, 2.45) is 0 Å². The molecule has 2 aromatic heterocycles. The van der Waals surface area contributed by atoms with E-state index in [0.717, 1.165) is 22.5 Å². The summed E-state index contributed by atoms with van der Waals surface area (Å²) in [6.07, 6.45) is 4.12. The molecule has 0 aliphatic rings. The van der Waals surface area contributed by atoms with Gasteiger partial charge >= 0.3 is 0 Å². The molecule has 0 bridgehead atoms. The minimum atomic E-state index is 0.491. The van der Waals surface area contributed by atoms with Gasteiger partial charge in [0.2, 0.25) is 0 Å². The molecule has 0 aliphatic heterocycles. The minimum Gasteiger partial charge on any atom is -0.296 e. The van der Waals surface area contributed by atoms with Gasteiger partial charge in [0.1, 0.15) is 11.3 Å². The van der Waals surface area contributed by atoms with Crippen LogP contribution in [-0.2, 0) is 6.42 Å². The van der Waals surface area contributed by atoms with Crippen LogP contribution in [0.3, 0.4) is 0 Å². The van der Waals surface area contributed by atoms with E-state index in [0.29, 0.717) is 22.3 Å². The van der Waals surface area contributed by atoms with Crippen molar-refractivity contribution in [1.29, 1.82) is 0 Å². The van der Waals surface area contributed by atoms with Gasteiger partial charge in [-0.25, -0.2) is 4.98 Å². The Bertz CT molecular complexity index is 747. The number of fused-ring (bicyclic) bond motifs is 1. The van der Waals surface area contributed by atoms with Crippen molar-refractivity contribution in [1.82, 2.24) is 14.5 Å². The van der Waals surface area contributed by atoms with Crippen molar-refractivity contribution in [2.75, 3.05) is 5.88 Å². The van der Waals surface area contributed by atoms with Crippen LogP contribution in [-0.4, -0.2) is 20.4 Å². The van der Waals surface area contributed by atoms with E-state index in [1.54, 1.807) is 18.5 Å². The normalized spacial score (nSPS) is 11.2. The highest BCUT2D eigenvalue weighted by molar-refractivity contribution is 6.34. The summed E-state index contributed by atoms with van der Waals surface area (Å²) in [5, 5.41) is 1.17. The van der Waals surface area contributed by atoms with Gasteiger partial charge in [0.15, 0.2) is 0 Å². The molecule has 6 heteroatoms. The molecule has 3 aromatic rings. The van der Waals surface area contributed by atoms with E-state index in [9.17, 15) is 0 Å². The summed E-state index contributed by atoms with van der Waals surface area (Å²) < 4.78 is 2.01. The van der Waals surface area contributed by atoms with Crippen LogP contribution in [0.25, 0.3) is 16.7 Å². The number of imidazole rings is 1. The number of nitrogens with zero attached hydrogens (tertiary/aromatic N) is 3. The Balaban J connectivity index is 2.29. The Morgan fingerprint density at radius 2 is 1.85 bits per heavy atom. The Morgan fingerprint density at radius 1 is 1.10 bits per heavy atom. The summed E-state index contributed by atoms with van der Waals surface area (Å²) in [5.74, 6) is 1.35. The van der Waals surface area contributed by atoms with E-state index in [-0.39, 0.29) is 0 Å². The second kappa shape index (κ2) is 5.60. The molecule has 1 aromatic carbocycles. The van der Waals surface area contributed by atoms with Gasteiger partial charge < -0.3 is 0 Å². The number of aryl methyl sites for hydroxylation is 1. The highest BCUT2D eigenvalue weighted by atomic mass is 35.5. The number of aromatic nitrogens is 3. The number of alkyl halides is 1. The van der Waals surface area contributed by atoms with Crippen molar-refractivity contribution in [3.8, 4) is 5.69 Å². The first-order valence-electron chi connectivity index (χ1n) is 6.03. The molecule has 0 spiro atoms. The van der Waals surface area contributed by atoms with Gasteiger partial charge in [-0.1, -0.05) is 23.2 Å². The SMILES string of the molecule is ClCCc1nc2cnccc2n1-c1cc(Cl)cc(Cl)c1. The maximum absolute atomic E-state index is 6.09. The summed E-state index contributed by atoms with van der Waals surface area (Å²) in [6, 6.07) is 7.32. The van der Waals surface area contributed by atoms with Crippen LogP contribution in [0.5, 0.6) is 0 Å².